The van der Waals surface area contributed by atoms with Gasteiger partial charge in [-0.2, -0.15) is 0 Å². The van der Waals surface area contributed by atoms with Crippen LogP contribution in [0, 0.1) is 0 Å². The average Bonchev–Trinajstić information content (AvgIpc) is 2.75. The Hall–Kier alpha value is -1.03. The first-order chi connectivity index (χ1) is 8.56. The normalized spacial score (nSPS) is 11.2. The predicted molar refractivity (Wildman–Crippen MR) is 75.6 cm³/mol. The highest BCUT2D eigenvalue weighted by molar-refractivity contribution is 6.35. The molecule has 0 fully saturated rings. The van der Waals surface area contributed by atoms with Crippen LogP contribution in [0.4, 0.5) is 0 Å². The van der Waals surface area contributed by atoms with Crippen molar-refractivity contribution in [1.82, 2.24) is 14.9 Å². The second-order valence-corrected chi connectivity index (χ2v) is 5.25. The van der Waals surface area contributed by atoms with Gasteiger partial charge in [-0.1, -0.05) is 37.0 Å². The molecule has 0 saturated heterocycles. The summed E-state index contributed by atoms with van der Waals surface area (Å²) in [5.41, 5.74) is 1.86. The molecule has 0 aliphatic carbocycles. The van der Waals surface area contributed by atoms with Gasteiger partial charge < -0.3 is 9.88 Å². The molecule has 0 radical (unpaired) electrons. The van der Waals surface area contributed by atoms with Crippen LogP contribution in [0.15, 0.2) is 30.7 Å². The lowest BCUT2D eigenvalue weighted by Gasteiger charge is -2.06. The molecule has 0 amide bonds. The summed E-state index contributed by atoms with van der Waals surface area (Å²) < 4.78 is 1.90. The molecule has 0 spiro atoms. The van der Waals surface area contributed by atoms with E-state index in [4.69, 9.17) is 23.2 Å². The van der Waals surface area contributed by atoms with Crippen molar-refractivity contribution >= 4 is 23.2 Å². The van der Waals surface area contributed by atoms with Gasteiger partial charge in [0, 0.05) is 23.8 Å². The smallest absolute Gasteiger partial charge is 0.0996 e. The van der Waals surface area contributed by atoms with E-state index >= 15 is 0 Å². The van der Waals surface area contributed by atoms with E-state index in [-0.39, 0.29) is 0 Å². The number of rotatable bonds is 4. The minimum atomic E-state index is 0.439. The molecule has 1 N–H and O–H groups in total. The highest BCUT2D eigenvalue weighted by Gasteiger charge is 2.05. The predicted octanol–water partition coefficient (Wildman–Crippen LogP) is 3.68. The highest BCUT2D eigenvalue weighted by atomic mass is 35.5. The van der Waals surface area contributed by atoms with E-state index in [0.717, 1.165) is 17.9 Å². The van der Waals surface area contributed by atoms with Crippen molar-refractivity contribution in [3.05, 3.63) is 46.5 Å². The van der Waals surface area contributed by atoms with Gasteiger partial charge >= 0.3 is 0 Å². The summed E-state index contributed by atoms with van der Waals surface area (Å²) in [4.78, 5) is 4.34. The molecule has 3 nitrogen and oxygen atoms in total. The van der Waals surface area contributed by atoms with Crippen LogP contribution in [-0.2, 0) is 6.54 Å². The molecule has 0 atom stereocenters. The van der Waals surface area contributed by atoms with Crippen molar-refractivity contribution < 1.29 is 0 Å². The van der Waals surface area contributed by atoms with E-state index < -0.39 is 0 Å². The Morgan fingerprint density at radius 2 is 2.11 bits per heavy atom. The monoisotopic (exact) mass is 283 g/mol. The van der Waals surface area contributed by atoms with E-state index in [9.17, 15) is 0 Å². The maximum absolute atomic E-state index is 6.15. The first-order valence-corrected chi connectivity index (χ1v) is 6.53. The van der Waals surface area contributed by atoms with Gasteiger partial charge in [-0.3, -0.25) is 0 Å². The summed E-state index contributed by atoms with van der Waals surface area (Å²) in [5, 5.41) is 4.56. The van der Waals surface area contributed by atoms with Crippen LogP contribution in [0.1, 0.15) is 19.5 Å². The SMILES string of the molecule is CC(C)NCc1cn(-c2ccc(Cl)cc2Cl)cn1. The second kappa shape index (κ2) is 5.74. The number of nitrogens with zero attached hydrogens (tertiary/aromatic N) is 2. The van der Waals surface area contributed by atoms with Gasteiger partial charge in [0.1, 0.15) is 0 Å². The summed E-state index contributed by atoms with van der Waals surface area (Å²) in [6.07, 6.45) is 3.72. The lowest BCUT2D eigenvalue weighted by Crippen LogP contribution is -2.21. The second-order valence-electron chi connectivity index (χ2n) is 4.40. The minimum Gasteiger partial charge on any atom is -0.309 e. The largest absolute Gasteiger partial charge is 0.309 e. The van der Waals surface area contributed by atoms with Crippen molar-refractivity contribution in [2.45, 2.75) is 26.4 Å². The molecule has 5 heteroatoms. The maximum Gasteiger partial charge on any atom is 0.0996 e. The van der Waals surface area contributed by atoms with Gasteiger partial charge in [-0.05, 0) is 18.2 Å². The molecule has 0 saturated carbocycles. The standard InChI is InChI=1S/C13H15Cl2N3/c1-9(2)16-6-11-7-18(8-17-11)13-4-3-10(14)5-12(13)15/h3-5,7-9,16H,6H2,1-2H3. The van der Waals surface area contributed by atoms with Gasteiger partial charge in [0.2, 0.25) is 0 Å². The van der Waals surface area contributed by atoms with Crippen molar-refractivity contribution in [3.8, 4) is 5.69 Å². The van der Waals surface area contributed by atoms with Crippen LogP contribution in [0.5, 0.6) is 0 Å². The fourth-order valence-electron chi connectivity index (χ4n) is 1.59. The van der Waals surface area contributed by atoms with E-state index in [1.165, 1.54) is 0 Å². The van der Waals surface area contributed by atoms with E-state index in [2.05, 4.69) is 24.1 Å². The third-order valence-electron chi connectivity index (χ3n) is 2.52. The molecule has 2 aromatic rings. The number of halogens is 2. The molecule has 0 unspecified atom stereocenters. The van der Waals surface area contributed by atoms with Crippen molar-refractivity contribution in [1.29, 1.82) is 0 Å². The van der Waals surface area contributed by atoms with Gasteiger partial charge in [0.05, 0.1) is 22.7 Å². The Balaban J connectivity index is 2.18. The molecular formula is C13H15Cl2N3. The molecule has 2 rings (SSSR count). The Morgan fingerprint density at radius 1 is 1.33 bits per heavy atom. The molecule has 1 heterocycles. The van der Waals surface area contributed by atoms with Crippen LogP contribution < -0.4 is 5.32 Å². The van der Waals surface area contributed by atoms with Crippen molar-refractivity contribution in [3.63, 3.8) is 0 Å². The first-order valence-electron chi connectivity index (χ1n) is 5.78. The molecule has 0 aliphatic heterocycles. The van der Waals surface area contributed by atoms with E-state index in [1.54, 1.807) is 12.4 Å². The van der Waals surface area contributed by atoms with E-state index in [1.807, 2.05) is 22.9 Å². The van der Waals surface area contributed by atoms with Gasteiger partial charge in [0.15, 0.2) is 0 Å². The number of benzene rings is 1. The summed E-state index contributed by atoms with van der Waals surface area (Å²) in [6, 6.07) is 5.86. The maximum atomic E-state index is 6.15. The molecule has 96 valence electrons. The van der Waals surface area contributed by atoms with Gasteiger partial charge in [-0.25, -0.2) is 4.98 Å². The Morgan fingerprint density at radius 3 is 2.78 bits per heavy atom. The fraction of sp³-hybridized carbons (Fsp3) is 0.308. The number of aromatic nitrogens is 2. The number of hydrogen-bond acceptors (Lipinski definition) is 2. The van der Waals surface area contributed by atoms with Crippen LogP contribution in [0.25, 0.3) is 5.69 Å². The lowest BCUT2D eigenvalue weighted by molar-refractivity contribution is 0.582. The number of hydrogen-bond donors (Lipinski definition) is 1. The first kappa shape index (κ1) is 13.4. The zero-order valence-corrected chi connectivity index (χ0v) is 11.8. The van der Waals surface area contributed by atoms with Gasteiger partial charge in [-0.15, -0.1) is 0 Å². The average molecular weight is 284 g/mol. The Labute approximate surface area is 117 Å². The number of nitrogens with one attached hydrogen (secondary N) is 1. The highest BCUT2D eigenvalue weighted by Crippen LogP contribution is 2.24. The van der Waals surface area contributed by atoms with Crippen molar-refractivity contribution in [2.75, 3.05) is 0 Å². The molecule has 18 heavy (non-hydrogen) atoms. The third-order valence-corrected chi connectivity index (χ3v) is 3.05. The topological polar surface area (TPSA) is 29.9 Å². The van der Waals surface area contributed by atoms with E-state index in [0.29, 0.717) is 16.1 Å². The lowest BCUT2D eigenvalue weighted by atomic mass is 10.3. The summed E-state index contributed by atoms with van der Waals surface area (Å²) in [5.74, 6) is 0. The zero-order valence-electron chi connectivity index (χ0n) is 10.3. The van der Waals surface area contributed by atoms with Gasteiger partial charge in [0.25, 0.3) is 0 Å². The van der Waals surface area contributed by atoms with Crippen molar-refractivity contribution in [2.24, 2.45) is 0 Å². The summed E-state index contributed by atoms with van der Waals surface area (Å²) in [7, 11) is 0. The van der Waals surface area contributed by atoms with Crippen LogP contribution >= 0.6 is 23.2 Å². The molecule has 1 aromatic heterocycles. The minimum absolute atomic E-state index is 0.439. The Kier molecular flexibility index (Phi) is 4.27. The summed E-state index contributed by atoms with van der Waals surface area (Å²) in [6.45, 7) is 4.95. The fourth-order valence-corrected chi connectivity index (χ4v) is 2.09. The van der Waals surface area contributed by atoms with Crippen LogP contribution in [-0.4, -0.2) is 15.6 Å². The molecule has 1 aromatic carbocycles. The number of imidazole rings is 1. The third kappa shape index (κ3) is 3.25. The summed E-state index contributed by atoms with van der Waals surface area (Å²) >= 11 is 12.0. The van der Waals surface area contributed by atoms with Crippen LogP contribution in [0.3, 0.4) is 0 Å². The zero-order chi connectivity index (χ0) is 13.1. The molecular weight excluding hydrogens is 269 g/mol. The molecule has 0 bridgehead atoms. The van der Waals surface area contributed by atoms with Crippen LogP contribution in [0.2, 0.25) is 10.0 Å². The Bertz CT molecular complexity index is 535. The quantitative estimate of drug-likeness (QED) is 0.928. The molecule has 0 aliphatic rings.